The number of hydrogen-bond acceptors (Lipinski definition) is 3. The largest absolute Gasteiger partial charge is 0.508 e. The molecule has 2 rings (SSSR count). The Morgan fingerprint density at radius 1 is 1.38 bits per heavy atom. The molecule has 0 bridgehead atoms. The molecule has 1 saturated heterocycles. The topological polar surface area (TPSA) is 41.5 Å². The molecule has 1 fully saturated rings. The van der Waals surface area contributed by atoms with Crippen molar-refractivity contribution in [3.63, 3.8) is 0 Å². The molecule has 3 nitrogen and oxygen atoms in total. The van der Waals surface area contributed by atoms with Gasteiger partial charge in [0.1, 0.15) is 5.75 Å². The molecular weight excluding hydrogens is 202 g/mol. The van der Waals surface area contributed by atoms with E-state index >= 15 is 0 Å². The highest BCUT2D eigenvalue weighted by Gasteiger charge is 2.31. The third kappa shape index (κ3) is 2.54. The van der Waals surface area contributed by atoms with Crippen LogP contribution in [0.3, 0.4) is 0 Å². The van der Waals surface area contributed by atoms with Crippen molar-refractivity contribution in [3.8, 4) is 5.75 Å². The van der Waals surface area contributed by atoms with Crippen molar-refractivity contribution in [1.29, 1.82) is 0 Å². The summed E-state index contributed by atoms with van der Waals surface area (Å²) in [4.78, 5) is 0. The van der Waals surface area contributed by atoms with Gasteiger partial charge in [0.2, 0.25) is 0 Å². The van der Waals surface area contributed by atoms with Crippen LogP contribution < -0.4 is 5.32 Å². The maximum absolute atomic E-state index is 9.45. The van der Waals surface area contributed by atoms with E-state index in [0.717, 1.165) is 37.9 Å². The van der Waals surface area contributed by atoms with Crippen LogP contribution in [0, 0.1) is 0 Å². The quantitative estimate of drug-likeness (QED) is 0.816. The van der Waals surface area contributed by atoms with Crippen molar-refractivity contribution in [2.75, 3.05) is 20.2 Å². The predicted molar refractivity (Wildman–Crippen MR) is 63.7 cm³/mol. The van der Waals surface area contributed by atoms with Gasteiger partial charge in [0, 0.05) is 13.5 Å². The fourth-order valence-corrected chi connectivity index (χ4v) is 2.37. The molecule has 0 saturated carbocycles. The molecule has 16 heavy (non-hydrogen) atoms. The van der Waals surface area contributed by atoms with Crippen molar-refractivity contribution >= 4 is 0 Å². The summed E-state index contributed by atoms with van der Waals surface area (Å²) < 4.78 is 5.70. The maximum Gasteiger partial charge on any atom is 0.115 e. The molecule has 2 N–H and O–H groups in total. The second-order valence-electron chi connectivity index (χ2n) is 4.48. The molecule has 0 spiro atoms. The van der Waals surface area contributed by atoms with Crippen LogP contribution in [-0.4, -0.2) is 30.9 Å². The number of phenolic OH excluding ortho intramolecular Hbond substituents is 1. The summed E-state index contributed by atoms with van der Waals surface area (Å²) in [5.41, 5.74) is 1.09. The van der Waals surface area contributed by atoms with Gasteiger partial charge in [-0.25, -0.2) is 0 Å². The molecule has 1 aromatic carbocycles. The fraction of sp³-hybridized carbons (Fsp3) is 0.538. The highest BCUT2D eigenvalue weighted by Crippen LogP contribution is 2.28. The van der Waals surface area contributed by atoms with E-state index in [0.29, 0.717) is 5.75 Å². The molecule has 0 aromatic heterocycles. The van der Waals surface area contributed by atoms with Crippen LogP contribution in [0.15, 0.2) is 24.3 Å². The van der Waals surface area contributed by atoms with Crippen molar-refractivity contribution in [2.45, 2.75) is 24.9 Å². The summed E-state index contributed by atoms with van der Waals surface area (Å²) in [5.74, 6) is 0.331. The Kier molecular flexibility index (Phi) is 3.46. The van der Waals surface area contributed by atoms with E-state index < -0.39 is 0 Å². The first-order chi connectivity index (χ1) is 7.74. The number of phenols is 1. The first-order valence-corrected chi connectivity index (χ1v) is 5.78. The number of methoxy groups -OCH3 is 1. The van der Waals surface area contributed by atoms with Gasteiger partial charge in [-0.15, -0.1) is 0 Å². The lowest BCUT2D eigenvalue weighted by molar-refractivity contribution is -0.0333. The minimum atomic E-state index is -0.0565. The minimum absolute atomic E-state index is 0.0565. The van der Waals surface area contributed by atoms with E-state index in [9.17, 15) is 5.11 Å². The Balaban J connectivity index is 2.11. The predicted octanol–water partition coefficient (Wildman–Crippen LogP) is 1.70. The molecule has 88 valence electrons. The third-order valence-electron chi connectivity index (χ3n) is 3.38. The van der Waals surface area contributed by atoms with E-state index in [1.165, 1.54) is 0 Å². The van der Waals surface area contributed by atoms with Gasteiger partial charge < -0.3 is 15.2 Å². The number of aromatic hydroxyl groups is 1. The van der Waals surface area contributed by atoms with Crippen LogP contribution in [0.4, 0.5) is 0 Å². The number of nitrogens with one attached hydrogen (secondary N) is 1. The number of rotatable bonds is 3. The lowest BCUT2D eigenvalue weighted by Crippen LogP contribution is -2.44. The molecule has 0 atom stereocenters. The number of hydrogen-bond donors (Lipinski definition) is 2. The summed E-state index contributed by atoms with van der Waals surface area (Å²) in [6, 6.07) is 7.45. The second kappa shape index (κ2) is 4.85. The standard InChI is InChI=1S/C13H19NO2/c1-16-13(5-7-14-8-6-13)10-11-3-2-4-12(15)9-11/h2-4,9,14-15H,5-8,10H2,1H3. The number of piperidine rings is 1. The van der Waals surface area contributed by atoms with Gasteiger partial charge in [-0.1, -0.05) is 12.1 Å². The summed E-state index contributed by atoms with van der Waals surface area (Å²) in [7, 11) is 1.79. The highest BCUT2D eigenvalue weighted by molar-refractivity contribution is 5.28. The van der Waals surface area contributed by atoms with Gasteiger partial charge in [-0.2, -0.15) is 0 Å². The van der Waals surface area contributed by atoms with Crippen molar-refractivity contribution in [2.24, 2.45) is 0 Å². The monoisotopic (exact) mass is 221 g/mol. The van der Waals surface area contributed by atoms with Gasteiger partial charge in [0.15, 0.2) is 0 Å². The third-order valence-corrected chi connectivity index (χ3v) is 3.38. The van der Waals surface area contributed by atoms with E-state index in [1.54, 1.807) is 13.2 Å². The molecule has 0 unspecified atom stereocenters. The van der Waals surface area contributed by atoms with Gasteiger partial charge >= 0.3 is 0 Å². The number of ether oxygens (including phenoxy) is 1. The molecule has 0 aliphatic carbocycles. The molecule has 1 aliphatic heterocycles. The minimum Gasteiger partial charge on any atom is -0.508 e. The molecule has 0 radical (unpaired) electrons. The van der Waals surface area contributed by atoms with Gasteiger partial charge in [0.05, 0.1) is 5.60 Å². The molecular formula is C13H19NO2. The zero-order chi connectivity index (χ0) is 11.4. The highest BCUT2D eigenvalue weighted by atomic mass is 16.5. The lowest BCUT2D eigenvalue weighted by Gasteiger charge is -2.36. The van der Waals surface area contributed by atoms with Crippen LogP contribution in [-0.2, 0) is 11.2 Å². The van der Waals surface area contributed by atoms with Gasteiger partial charge in [-0.3, -0.25) is 0 Å². The van der Waals surface area contributed by atoms with E-state index in [2.05, 4.69) is 5.32 Å². The first-order valence-electron chi connectivity index (χ1n) is 5.78. The maximum atomic E-state index is 9.45. The van der Waals surface area contributed by atoms with Crippen LogP contribution in [0.1, 0.15) is 18.4 Å². The Morgan fingerprint density at radius 3 is 2.75 bits per heavy atom. The van der Waals surface area contributed by atoms with E-state index in [1.807, 2.05) is 18.2 Å². The summed E-state index contributed by atoms with van der Waals surface area (Å²) >= 11 is 0. The molecule has 3 heteroatoms. The fourth-order valence-electron chi connectivity index (χ4n) is 2.37. The first kappa shape index (κ1) is 11.4. The molecule has 0 amide bonds. The summed E-state index contributed by atoms with van der Waals surface area (Å²) in [6.07, 6.45) is 2.93. The Morgan fingerprint density at radius 2 is 2.12 bits per heavy atom. The average Bonchev–Trinajstić information content (AvgIpc) is 2.30. The average molecular weight is 221 g/mol. The van der Waals surface area contributed by atoms with E-state index in [-0.39, 0.29) is 5.60 Å². The number of benzene rings is 1. The van der Waals surface area contributed by atoms with Crippen molar-refractivity contribution in [3.05, 3.63) is 29.8 Å². The van der Waals surface area contributed by atoms with Gasteiger partial charge in [-0.05, 0) is 43.6 Å². The molecule has 1 aromatic rings. The zero-order valence-electron chi connectivity index (χ0n) is 9.70. The SMILES string of the molecule is COC1(Cc2cccc(O)c2)CCNCC1. The lowest BCUT2D eigenvalue weighted by atomic mass is 9.85. The smallest absolute Gasteiger partial charge is 0.115 e. The summed E-state index contributed by atoms with van der Waals surface area (Å²) in [6.45, 7) is 2.01. The Labute approximate surface area is 96.4 Å². The van der Waals surface area contributed by atoms with Crippen molar-refractivity contribution < 1.29 is 9.84 Å². The van der Waals surface area contributed by atoms with Crippen LogP contribution in [0.25, 0.3) is 0 Å². The van der Waals surface area contributed by atoms with E-state index in [4.69, 9.17) is 4.74 Å². The Hall–Kier alpha value is -1.06. The molecule has 1 aliphatic rings. The summed E-state index contributed by atoms with van der Waals surface area (Å²) in [5, 5.41) is 12.8. The van der Waals surface area contributed by atoms with Crippen LogP contribution in [0.2, 0.25) is 0 Å². The normalized spacial score (nSPS) is 19.6. The van der Waals surface area contributed by atoms with Gasteiger partial charge in [0.25, 0.3) is 0 Å². The second-order valence-corrected chi connectivity index (χ2v) is 4.48. The van der Waals surface area contributed by atoms with Crippen LogP contribution in [0.5, 0.6) is 5.75 Å². The zero-order valence-corrected chi connectivity index (χ0v) is 9.70. The molecule has 1 heterocycles. The van der Waals surface area contributed by atoms with Crippen molar-refractivity contribution in [1.82, 2.24) is 5.32 Å². The van der Waals surface area contributed by atoms with Crippen LogP contribution >= 0.6 is 0 Å². The Bertz CT molecular complexity index is 346.